The van der Waals surface area contributed by atoms with Crippen LogP contribution in [-0.2, 0) is 78.5 Å². The molecule has 1 unspecified atom stereocenters. The van der Waals surface area contributed by atoms with Crippen molar-refractivity contribution >= 4 is 5.97 Å². The summed E-state index contributed by atoms with van der Waals surface area (Å²) in [6.45, 7) is 1.03. The van der Waals surface area contributed by atoms with Crippen LogP contribution in [-0.4, -0.2) is 92.7 Å². The quantitative estimate of drug-likeness (QED) is 0.0725. The number of benzene rings is 5. The first-order chi connectivity index (χ1) is 33.1. The molecule has 348 valence electrons. The number of pyridine rings is 1. The van der Waals surface area contributed by atoms with Crippen molar-refractivity contribution in [2.24, 2.45) is 0 Å². The van der Waals surface area contributed by atoms with E-state index in [1.54, 1.807) is 25.3 Å². The molecule has 0 aliphatic carbocycles. The van der Waals surface area contributed by atoms with Crippen molar-refractivity contribution in [1.29, 1.82) is 0 Å². The van der Waals surface area contributed by atoms with Gasteiger partial charge < -0.3 is 52.1 Å². The highest BCUT2D eigenvalue weighted by Gasteiger charge is 2.56. The first kappa shape index (κ1) is 46.4. The van der Waals surface area contributed by atoms with Crippen LogP contribution < -0.4 is 0 Å². The molecule has 0 radical (unpaired) electrons. The number of methoxy groups -OCH3 is 1. The summed E-state index contributed by atoms with van der Waals surface area (Å²) in [6, 6.07) is 53.9. The maximum atomic E-state index is 14.1. The second-order valence-electron chi connectivity index (χ2n) is 16.5. The maximum Gasteiger partial charge on any atom is 0.357 e. The summed E-state index contributed by atoms with van der Waals surface area (Å²) in [5, 5.41) is 0. The Morgan fingerprint density at radius 3 is 1.63 bits per heavy atom. The van der Waals surface area contributed by atoms with E-state index in [1.807, 2.05) is 152 Å². The van der Waals surface area contributed by atoms with Gasteiger partial charge in [-0.3, -0.25) is 0 Å². The molecule has 0 spiro atoms. The monoisotopic (exact) mass is 909 g/mol. The van der Waals surface area contributed by atoms with Crippen LogP contribution in [0.3, 0.4) is 0 Å². The van der Waals surface area contributed by atoms with Gasteiger partial charge in [-0.25, -0.2) is 9.78 Å². The van der Waals surface area contributed by atoms with Crippen LogP contribution in [0.15, 0.2) is 176 Å². The van der Waals surface area contributed by atoms with Gasteiger partial charge in [0.2, 0.25) is 0 Å². The van der Waals surface area contributed by atoms with Gasteiger partial charge in [0.1, 0.15) is 48.4 Å². The van der Waals surface area contributed by atoms with Gasteiger partial charge in [0.15, 0.2) is 25.0 Å². The Bertz CT molecular complexity index is 2370. The normalized spacial score (nSPS) is 27.1. The van der Waals surface area contributed by atoms with E-state index < -0.39 is 73.7 Å². The van der Waals surface area contributed by atoms with Gasteiger partial charge >= 0.3 is 5.97 Å². The zero-order chi connectivity index (χ0) is 45.6. The maximum absolute atomic E-state index is 14.1. The predicted molar refractivity (Wildman–Crippen MR) is 244 cm³/mol. The zero-order valence-electron chi connectivity index (χ0n) is 37.2. The molecule has 0 amide bonds. The molecule has 0 N–H and O–H groups in total. The molecule has 11 atom stereocenters. The fourth-order valence-corrected chi connectivity index (χ4v) is 8.47. The molecule has 13 heteroatoms. The molecular formula is C54H55NO12. The van der Waals surface area contributed by atoms with Crippen LogP contribution in [0.25, 0.3) is 0 Å². The van der Waals surface area contributed by atoms with Crippen LogP contribution in [0.4, 0.5) is 0 Å². The minimum absolute atomic E-state index is 0.0768. The van der Waals surface area contributed by atoms with Crippen molar-refractivity contribution in [3.63, 3.8) is 0 Å². The highest BCUT2D eigenvalue weighted by Crippen LogP contribution is 2.40. The number of nitrogens with zero attached hydrogens (tertiary/aromatic N) is 1. The Morgan fingerprint density at radius 1 is 0.552 bits per heavy atom. The van der Waals surface area contributed by atoms with Gasteiger partial charge in [0.25, 0.3) is 0 Å². The number of hydrogen-bond donors (Lipinski definition) is 0. The van der Waals surface area contributed by atoms with E-state index in [9.17, 15) is 4.79 Å². The van der Waals surface area contributed by atoms with Gasteiger partial charge in [-0.1, -0.05) is 158 Å². The number of esters is 1. The Kier molecular flexibility index (Phi) is 16.2. The number of ether oxygens (including phenoxy) is 11. The van der Waals surface area contributed by atoms with Crippen LogP contribution >= 0.6 is 0 Å². The van der Waals surface area contributed by atoms with Crippen molar-refractivity contribution in [1.82, 2.24) is 4.98 Å². The average Bonchev–Trinajstić information content (AvgIpc) is 3.39. The lowest BCUT2D eigenvalue weighted by atomic mass is 9.95. The van der Waals surface area contributed by atoms with Crippen molar-refractivity contribution in [2.45, 2.75) is 94.1 Å². The molecule has 0 saturated carbocycles. The number of rotatable bonds is 19. The molecule has 3 saturated heterocycles. The predicted octanol–water partition coefficient (Wildman–Crippen LogP) is 8.18. The molecule has 67 heavy (non-hydrogen) atoms. The summed E-state index contributed by atoms with van der Waals surface area (Å²) >= 11 is 0. The third-order valence-corrected chi connectivity index (χ3v) is 11.8. The first-order valence-corrected chi connectivity index (χ1v) is 22.6. The second-order valence-corrected chi connectivity index (χ2v) is 16.5. The van der Waals surface area contributed by atoms with Crippen molar-refractivity contribution in [3.8, 4) is 0 Å². The molecule has 3 aliphatic heterocycles. The second kappa shape index (κ2) is 23.4. The molecule has 9 rings (SSSR count). The van der Waals surface area contributed by atoms with Crippen LogP contribution in [0.2, 0.25) is 0 Å². The van der Waals surface area contributed by atoms with E-state index >= 15 is 0 Å². The number of carbonyl (C=O) groups excluding carboxylic acids is 1. The molecule has 6 aromatic rings. The van der Waals surface area contributed by atoms with Gasteiger partial charge in [-0.05, 0) is 34.4 Å². The van der Waals surface area contributed by atoms with E-state index in [1.165, 1.54) is 6.20 Å². The van der Waals surface area contributed by atoms with Gasteiger partial charge in [0.05, 0.1) is 39.6 Å². The number of hydrogen-bond acceptors (Lipinski definition) is 13. The highest BCUT2D eigenvalue weighted by molar-refractivity contribution is 5.87. The minimum Gasteiger partial charge on any atom is -0.452 e. The van der Waals surface area contributed by atoms with E-state index in [0.717, 1.165) is 27.8 Å². The lowest BCUT2D eigenvalue weighted by molar-refractivity contribution is -0.392. The van der Waals surface area contributed by atoms with Gasteiger partial charge in [-0.15, -0.1) is 0 Å². The minimum atomic E-state index is -1.21. The summed E-state index contributed by atoms with van der Waals surface area (Å²) in [7, 11) is 1.57. The summed E-state index contributed by atoms with van der Waals surface area (Å²) in [6.07, 6.45) is -8.52. The molecule has 4 heterocycles. The van der Waals surface area contributed by atoms with Crippen LogP contribution in [0.5, 0.6) is 0 Å². The van der Waals surface area contributed by atoms with Crippen LogP contribution in [0, 0.1) is 0 Å². The molecule has 13 nitrogen and oxygen atoms in total. The fourth-order valence-electron chi connectivity index (χ4n) is 8.47. The molecule has 3 fully saturated rings. The number of carbonyl (C=O) groups is 1. The Balaban J connectivity index is 1.09. The van der Waals surface area contributed by atoms with Crippen molar-refractivity contribution < 1.29 is 56.9 Å². The Hall–Kier alpha value is -5.68. The van der Waals surface area contributed by atoms with E-state index in [-0.39, 0.29) is 38.7 Å². The van der Waals surface area contributed by atoms with E-state index in [4.69, 9.17) is 52.1 Å². The standard InChI is InChI=1S/C54H55NO12/c1-57-53-49(60-33-39-23-11-4-12-24-39)47(59-32-38-21-9-3-10-22-38)45(43(63-53)35-58-31-37-19-7-2-8-20-37)67-54-50(61-34-40-25-13-5-14-26-40)48(65-51(56)42-29-17-18-30-55-42)46-44(64-54)36-62-52(66-46)41-27-15-6-16-28-41/h2-30,43-50,52-54H,31-36H2,1H3/t43-,44-,45-,46-,47+,48+,49-,50+,52?,53+,54+/m1/s1. The molecule has 3 aliphatic rings. The van der Waals surface area contributed by atoms with E-state index in [0.29, 0.717) is 6.61 Å². The highest BCUT2D eigenvalue weighted by atomic mass is 16.8. The molecule has 5 aromatic carbocycles. The molecule has 0 bridgehead atoms. The van der Waals surface area contributed by atoms with Crippen molar-refractivity contribution in [2.75, 3.05) is 20.3 Å². The van der Waals surface area contributed by atoms with Gasteiger partial charge in [-0.2, -0.15) is 0 Å². The largest absolute Gasteiger partial charge is 0.452 e. The Labute approximate surface area is 390 Å². The zero-order valence-corrected chi connectivity index (χ0v) is 37.2. The third kappa shape index (κ3) is 12.1. The van der Waals surface area contributed by atoms with Crippen LogP contribution in [0.1, 0.15) is 44.6 Å². The summed E-state index contributed by atoms with van der Waals surface area (Å²) in [4.78, 5) is 18.4. The SMILES string of the molecule is CO[C@H]1O[C@H](COCc2ccccc2)[C@@H](O[C@@H]2O[C@@H]3COC(c4ccccc4)O[C@H]3[C@H](OC(=O)c3ccccn3)[C@@H]2OCc2ccccc2)[C@H](OCc2ccccc2)[C@H]1OCc1ccccc1. The molecule has 1 aromatic heterocycles. The third-order valence-electron chi connectivity index (χ3n) is 11.8. The lowest BCUT2D eigenvalue weighted by Gasteiger charge is -2.51. The number of fused-ring (bicyclic) bond motifs is 1. The fraction of sp³-hybridized carbons (Fsp3) is 0.333. The summed E-state index contributed by atoms with van der Waals surface area (Å²) in [5.74, 6) is -0.667. The number of aromatic nitrogens is 1. The van der Waals surface area contributed by atoms with E-state index in [2.05, 4.69) is 4.98 Å². The summed E-state index contributed by atoms with van der Waals surface area (Å²) < 4.78 is 73.4. The Morgan fingerprint density at radius 2 is 1.07 bits per heavy atom. The van der Waals surface area contributed by atoms with Crippen molar-refractivity contribution in [3.05, 3.63) is 210 Å². The molecular weight excluding hydrogens is 855 g/mol. The van der Waals surface area contributed by atoms with Gasteiger partial charge in [0, 0.05) is 18.9 Å². The average molecular weight is 910 g/mol. The lowest BCUT2D eigenvalue weighted by Crippen LogP contribution is -2.67. The smallest absolute Gasteiger partial charge is 0.357 e. The summed E-state index contributed by atoms with van der Waals surface area (Å²) in [5.41, 5.74) is 4.66. The topological polar surface area (TPSA) is 131 Å². The first-order valence-electron chi connectivity index (χ1n) is 22.6.